The molecule has 1 rings (SSSR count). The zero-order chi connectivity index (χ0) is 13.1. The van der Waals surface area contributed by atoms with Gasteiger partial charge >= 0.3 is 11.9 Å². The Morgan fingerprint density at radius 2 is 1.94 bits per heavy atom. The van der Waals surface area contributed by atoms with Crippen LogP contribution in [0.1, 0.15) is 27.2 Å². The predicted molar refractivity (Wildman–Crippen MR) is 63.2 cm³/mol. The molecular formula is C13H18O4. The Kier molecular flexibility index (Phi) is 4.10. The Labute approximate surface area is 101 Å². The lowest BCUT2D eigenvalue weighted by molar-refractivity contribution is -0.152. The molecule has 1 aliphatic carbocycles. The van der Waals surface area contributed by atoms with Crippen LogP contribution in [0.3, 0.4) is 0 Å². The van der Waals surface area contributed by atoms with Crippen molar-refractivity contribution in [1.82, 2.24) is 0 Å². The van der Waals surface area contributed by atoms with Crippen LogP contribution in [0.15, 0.2) is 24.3 Å². The highest BCUT2D eigenvalue weighted by Gasteiger charge is 2.44. The number of hydrogen-bond donors (Lipinski definition) is 0. The van der Waals surface area contributed by atoms with Crippen molar-refractivity contribution in [2.45, 2.75) is 32.8 Å². The number of rotatable bonds is 5. The molecule has 94 valence electrons. The van der Waals surface area contributed by atoms with Crippen molar-refractivity contribution in [2.24, 2.45) is 5.92 Å². The Balaban J connectivity index is 2.44. The molecule has 0 saturated heterocycles. The molecule has 0 bridgehead atoms. The first-order chi connectivity index (χ1) is 7.86. The molecule has 0 aromatic heterocycles. The van der Waals surface area contributed by atoms with Gasteiger partial charge in [-0.05, 0) is 27.2 Å². The van der Waals surface area contributed by atoms with Crippen LogP contribution in [0.4, 0.5) is 0 Å². The van der Waals surface area contributed by atoms with E-state index in [9.17, 15) is 9.59 Å². The maximum Gasteiger partial charge on any atom is 0.331 e. The maximum absolute atomic E-state index is 11.5. The van der Waals surface area contributed by atoms with Gasteiger partial charge in [-0.15, -0.1) is 0 Å². The van der Waals surface area contributed by atoms with Gasteiger partial charge in [0.25, 0.3) is 0 Å². The molecule has 1 atom stereocenters. The molecule has 1 fully saturated rings. The molecule has 17 heavy (non-hydrogen) atoms. The monoisotopic (exact) mass is 238 g/mol. The molecule has 0 aliphatic heterocycles. The standard InChI is InChI=1S/C13H18O4/c1-5-16-11(14)6-7-12(15)17-13(3,4)10-8-9(10)2/h6-7,10H,2,5,8H2,1,3-4H3/b7-6+. The van der Waals surface area contributed by atoms with E-state index < -0.39 is 17.5 Å². The highest BCUT2D eigenvalue weighted by molar-refractivity contribution is 5.91. The molecular weight excluding hydrogens is 220 g/mol. The van der Waals surface area contributed by atoms with E-state index in [1.165, 1.54) is 0 Å². The second-order valence-electron chi connectivity index (χ2n) is 4.52. The summed E-state index contributed by atoms with van der Waals surface area (Å²) in [7, 11) is 0. The zero-order valence-electron chi connectivity index (χ0n) is 10.5. The molecule has 0 spiro atoms. The number of esters is 2. The minimum Gasteiger partial charge on any atom is -0.463 e. The van der Waals surface area contributed by atoms with Crippen molar-refractivity contribution in [1.29, 1.82) is 0 Å². The maximum atomic E-state index is 11.5. The lowest BCUT2D eigenvalue weighted by Gasteiger charge is -2.23. The fourth-order valence-electron chi connectivity index (χ4n) is 1.63. The number of hydrogen-bond acceptors (Lipinski definition) is 4. The van der Waals surface area contributed by atoms with Gasteiger partial charge in [-0.1, -0.05) is 12.2 Å². The molecule has 0 amide bonds. The van der Waals surface area contributed by atoms with Crippen molar-refractivity contribution in [3.63, 3.8) is 0 Å². The third kappa shape index (κ3) is 4.06. The van der Waals surface area contributed by atoms with Crippen molar-refractivity contribution >= 4 is 11.9 Å². The van der Waals surface area contributed by atoms with E-state index in [2.05, 4.69) is 11.3 Å². The van der Waals surface area contributed by atoms with Crippen LogP contribution in [0.2, 0.25) is 0 Å². The summed E-state index contributed by atoms with van der Waals surface area (Å²) in [5.74, 6) is -0.858. The summed E-state index contributed by atoms with van der Waals surface area (Å²) in [4.78, 5) is 22.4. The Hall–Kier alpha value is -1.58. The van der Waals surface area contributed by atoms with E-state index in [0.29, 0.717) is 0 Å². The molecule has 0 radical (unpaired) electrons. The first-order valence-electron chi connectivity index (χ1n) is 5.62. The Morgan fingerprint density at radius 1 is 1.41 bits per heavy atom. The first kappa shape index (κ1) is 13.5. The van der Waals surface area contributed by atoms with E-state index in [0.717, 1.165) is 24.1 Å². The number of carbonyl (C=O) groups excluding carboxylic acids is 2. The molecule has 0 N–H and O–H groups in total. The van der Waals surface area contributed by atoms with Crippen LogP contribution in [0.5, 0.6) is 0 Å². The summed E-state index contributed by atoms with van der Waals surface area (Å²) in [5.41, 5.74) is 0.532. The smallest absolute Gasteiger partial charge is 0.331 e. The Morgan fingerprint density at radius 3 is 2.41 bits per heavy atom. The summed E-state index contributed by atoms with van der Waals surface area (Å²) < 4.78 is 9.92. The van der Waals surface area contributed by atoms with E-state index >= 15 is 0 Å². The van der Waals surface area contributed by atoms with E-state index in [4.69, 9.17) is 4.74 Å². The average Bonchev–Trinajstić information content (AvgIpc) is 2.93. The van der Waals surface area contributed by atoms with Crippen LogP contribution in [0.25, 0.3) is 0 Å². The summed E-state index contributed by atoms with van der Waals surface area (Å²) in [6.07, 6.45) is 3.05. The number of ether oxygens (including phenoxy) is 2. The molecule has 0 aromatic carbocycles. The van der Waals surface area contributed by atoms with Gasteiger partial charge in [-0.25, -0.2) is 9.59 Å². The van der Waals surface area contributed by atoms with E-state index in [1.54, 1.807) is 6.92 Å². The van der Waals surface area contributed by atoms with Crippen LogP contribution < -0.4 is 0 Å². The predicted octanol–water partition coefficient (Wildman–Crippen LogP) is 2.00. The Bertz CT molecular complexity index is 366. The fourth-order valence-corrected chi connectivity index (χ4v) is 1.63. The molecule has 0 aromatic rings. The normalized spacial score (nSPS) is 19.2. The topological polar surface area (TPSA) is 52.6 Å². The van der Waals surface area contributed by atoms with Gasteiger partial charge in [0.1, 0.15) is 5.60 Å². The molecule has 1 saturated carbocycles. The second-order valence-corrected chi connectivity index (χ2v) is 4.52. The minimum atomic E-state index is -0.562. The lowest BCUT2D eigenvalue weighted by Crippen LogP contribution is -2.29. The fraction of sp³-hybridized carbons (Fsp3) is 0.538. The van der Waals surface area contributed by atoms with Gasteiger partial charge in [0.15, 0.2) is 0 Å². The first-order valence-corrected chi connectivity index (χ1v) is 5.62. The molecule has 4 heteroatoms. The minimum absolute atomic E-state index is 0.224. The van der Waals surface area contributed by atoms with Crippen molar-refractivity contribution in [3.8, 4) is 0 Å². The number of carbonyl (C=O) groups is 2. The van der Waals surface area contributed by atoms with Crippen molar-refractivity contribution < 1.29 is 19.1 Å². The van der Waals surface area contributed by atoms with Crippen LogP contribution in [0, 0.1) is 5.92 Å². The van der Waals surface area contributed by atoms with Crippen molar-refractivity contribution in [2.75, 3.05) is 6.61 Å². The van der Waals surface area contributed by atoms with Gasteiger partial charge in [0, 0.05) is 18.1 Å². The third-order valence-electron chi connectivity index (χ3n) is 2.64. The van der Waals surface area contributed by atoms with Gasteiger partial charge in [0.2, 0.25) is 0 Å². The highest BCUT2D eigenvalue weighted by atomic mass is 16.6. The molecule has 1 unspecified atom stereocenters. The zero-order valence-corrected chi connectivity index (χ0v) is 10.5. The molecule has 4 nitrogen and oxygen atoms in total. The largest absolute Gasteiger partial charge is 0.463 e. The van der Waals surface area contributed by atoms with Crippen molar-refractivity contribution in [3.05, 3.63) is 24.3 Å². The summed E-state index contributed by atoms with van der Waals surface area (Å²) >= 11 is 0. The second kappa shape index (κ2) is 5.17. The van der Waals surface area contributed by atoms with E-state index in [1.807, 2.05) is 13.8 Å². The molecule has 0 heterocycles. The average molecular weight is 238 g/mol. The van der Waals surface area contributed by atoms with Crippen LogP contribution in [-0.4, -0.2) is 24.1 Å². The SMILES string of the molecule is C=C1CC1C(C)(C)OC(=O)/C=C/C(=O)OCC. The third-order valence-corrected chi connectivity index (χ3v) is 2.64. The van der Waals surface area contributed by atoms with Gasteiger partial charge in [0.05, 0.1) is 6.61 Å². The highest BCUT2D eigenvalue weighted by Crippen LogP contribution is 2.46. The quantitative estimate of drug-likeness (QED) is 0.417. The van der Waals surface area contributed by atoms with Gasteiger partial charge < -0.3 is 9.47 Å². The van der Waals surface area contributed by atoms with Gasteiger partial charge in [-0.3, -0.25) is 0 Å². The molecule has 1 aliphatic rings. The summed E-state index contributed by atoms with van der Waals surface area (Å²) in [5, 5.41) is 0. The van der Waals surface area contributed by atoms with Gasteiger partial charge in [-0.2, -0.15) is 0 Å². The van der Waals surface area contributed by atoms with Crippen LogP contribution >= 0.6 is 0 Å². The van der Waals surface area contributed by atoms with Crippen LogP contribution in [-0.2, 0) is 19.1 Å². The summed E-state index contributed by atoms with van der Waals surface area (Å²) in [6, 6.07) is 0. The van der Waals surface area contributed by atoms with E-state index in [-0.39, 0.29) is 12.5 Å². The summed E-state index contributed by atoms with van der Waals surface area (Å²) in [6.45, 7) is 9.50. The lowest BCUT2D eigenvalue weighted by atomic mass is 10.0.